The summed E-state index contributed by atoms with van der Waals surface area (Å²) >= 11 is 5.90. The normalized spacial score (nSPS) is 17.6. The van der Waals surface area contributed by atoms with Crippen LogP contribution in [0.2, 0.25) is 5.02 Å². The van der Waals surface area contributed by atoms with Crippen LogP contribution in [0.15, 0.2) is 71.6 Å². The summed E-state index contributed by atoms with van der Waals surface area (Å²) in [7, 11) is -2.38. The highest BCUT2D eigenvalue weighted by atomic mass is 35.5. The molecule has 1 atom stereocenters. The molecule has 0 bridgehead atoms. The number of nitrogens with one attached hydrogen (secondary N) is 2. The SMILES string of the molecule is COc1ccc2c(c1)CC(NS(=O)(=O)c1ccc(Cl)cc1)(c1ccc(C(=O)O)cc1)N2. The molecule has 9 heteroatoms. The number of ether oxygens (including phenoxy) is 1. The lowest BCUT2D eigenvalue weighted by atomic mass is 9.95. The number of sulfonamides is 1. The van der Waals surface area contributed by atoms with Crippen LogP contribution in [0, 0.1) is 0 Å². The number of carboxylic acids is 1. The highest BCUT2D eigenvalue weighted by Crippen LogP contribution is 2.40. The van der Waals surface area contributed by atoms with E-state index in [2.05, 4.69) is 10.0 Å². The molecule has 31 heavy (non-hydrogen) atoms. The first-order valence-electron chi connectivity index (χ1n) is 9.31. The third-order valence-electron chi connectivity index (χ3n) is 5.17. The third-order valence-corrected chi connectivity index (χ3v) is 6.94. The van der Waals surface area contributed by atoms with Crippen molar-refractivity contribution in [2.75, 3.05) is 12.4 Å². The zero-order valence-electron chi connectivity index (χ0n) is 16.4. The average molecular weight is 459 g/mol. The van der Waals surface area contributed by atoms with E-state index in [4.69, 9.17) is 16.3 Å². The fraction of sp³-hybridized carbons (Fsp3) is 0.136. The van der Waals surface area contributed by atoms with Gasteiger partial charge in [0.15, 0.2) is 0 Å². The van der Waals surface area contributed by atoms with Crippen molar-refractivity contribution in [2.24, 2.45) is 0 Å². The van der Waals surface area contributed by atoms with E-state index in [-0.39, 0.29) is 10.5 Å². The molecular formula is C22H19ClN2O5S. The van der Waals surface area contributed by atoms with E-state index in [1.807, 2.05) is 12.1 Å². The maximum absolute atomic E-state index is 13.2. The lowest BCUT2D eigenvalue weighted by Gasteiger charge is -2.32. The van der Waals surface area contributed by atoms with Crippen molar-refractivity contribution < 1.29 is 23.1 Å². The first-order chi connectivity index (χ1) is 14.7. The number of halogens is 1. The van der Waals surface area contributed by atoms with Crippen LogP contribution in [-0.4, -0.2) is 26.6 Å². The minimum Gasteiger partial charge on any atom is -0.497 e. The van der Waals surface area contributed by atoms with E-state index < -0.39 is 21.7 Å². The molecule has 3 N–H and O–H groups in total. The second kappa shape index (κ2) is 7.88. The highest BCUT2D eigenvalue weighted by Gasteiger charge is 2.42. The van der Waals surface area contributed by atoms with Crippen LogP contribution >= 0.6 is 11.6 Å². The Bertz CT molecular complexity index is 1240. The number of rotatable bonds is 6. The van der Waals surface area contributed by atoms with Crippen LogP contribution < -0.4 is 14.8 Å². The van der Waals surface area contributed by atoms with Crippen molar-refractivity contribution in [2.45, 2.75) is 17.0 Å². The van der Waals surface area contributed by atoms with E-state index >= 15 is 0 Å². The van der Waals surface area contributed by atoms with Crippen molar-refractivity contribution in [3.8, 4) is 5.75 Å². The number of carboxylic acid groups (broad SMARTS) is 1. The molecule has 0 aliphatic carbocycles. The molecule has 7 nitrogen and oxygen atoms in total. The van der Waals surface area contributed by atoms with Crippen molar-refractivity contribution in [1.29, 1.82) is 0 Å². The van der Waals surface area contributed by atoms with E-state index in [1.54, 1.807) is 25.3 Å². The van der Waals surface area contributed by atoms with E-state index in [9.17, 15) is 18.3 Å². The molecule has 0 amide bonds. The Hall–Kier alpha value is -3.07. The summed E-state index contributed by atoms with van der Waals surface area (Å²) in [5.74, 6) is -0.409. The predicted octanol–water partition coefficient (Wildman–Crippen LogP) is 3.85. The van der Waals surface area contributed by atoms with E-state index in [0.717, 1.165) is 11.3 Å². The second-order valence-electron chi connectivity index (χ2n) is 7.17. The second-order valence-corrected chi connectivity index (χ2v) is 9.29. The Labute approximate surface area is 184 Å². The summed E-state index contributed by atoms with van der Waals surface area (Å²) in [5, 5.41) is 12.9. The maximum atomic E-state index is 13.2. The van der Waals surface area contributed by atoms with Crippen LogP contribution in [0.1, 0.15) is 21.5 Å². The molecule has 3 aromatic rings. The molecule has 0 spiro atoms. The number of anilines is 1. The first kappa shape index (κ1) is 21.2. The molecule has 1 aliphatic heterocycles. The molecule has 0 saturated carbocycles. The molecule has 160 valence electrons. The lowest BCUT2D eigenvalue weighted by Crippen LogP contribution is -2.50. The Morgan fingerprint density at radius 1 is 1.10 bits per heavy atom. The van der Waals surface area contributed by atoms with Crippen LogP contribution in [-0.2, 0) is 22.1 Å². The summed E-state index contributed by atoms with van der Waals surface area (Å²) in [4.78, 5) is 11.3. The van der Waals surface area contributed by atoms with Crippen molar-refractivity contribution in [1.82, 2.24) is 4.72 Å². The molecule has 1 aliphatic rings. The summed E-state index contributed by atoms with van der Waals surface area (Å²) in [6.07, 6.45) is 0.290. The zero-order chi connectivity index (χ0) is 22.2. The standard InChI is InChI=1S/C22H19ClN2O5S/c1-30-18-8-11-20-15(12-18)13-22(24-20,16-4-2-14(3-5-16)21(26)27)25-31(28,29)19-9-6-17(23)7-10-19/h2-12,24-25H,13H2,1H3,(H,26,27). The number of carbonyl (C=O) groups is 1. The average Bonchev–Trinajstić information content (AvgIpc) is 3.11. The van der Waals surface area contributed by atoms with E-state index in [1.165, 1.54) is 36.4 Å². The number of hydrogen-bond acceptors (Lipinski definition) is 5. The fourth-order valence-corrected chi connectivity index (χ4v) is 5.06. The van der Waals surface area contributed by atoms with Gasteiger partial charge in [-0.05, 0) is 65.7 Å². The van der Waals surface area contributed by atoms with Gasteiger partial charge in [-0.25, -0.2) is 13.2 Å². The van der Waals surface area contributed by atoms with Crippen molar-refractivity contribution in [3.63, 3.8) is 0 Å². The summed E-state index contributed by atoms with van der Waals surface area (Å²) < 4.78 is 34.5. The van der Waals surface area contributed by atoms with Gasteiger partial charge < -0.3 is 15.2 Å². The van der Waals surface area contributed by atoms with Gasteiger partial charge in [0.05, 0.1) is 17.6 Å². The van der Waals surface area contributed by atoms with Gasteiger partial charge >= 0.3 is 5.97 Å². The number of hydrogen-bond donors (Lipinski definition) is 3. The number of fused-ring (bicyclic) bond motifs is 1. The van der Waals surface area contributed by atoms with Crippen LogP contribution in [0.3, 0.4) is 0 Å². The van der Waals surface area contributed by atoms with Gasteiger partial charge in [0.25, 0.3) is 0 Å². The first-order valence-corrected chi connectivity index (χ1v) is 11.2. The van der Waals surface area contributed by atoms with Crippen molar-refractivity contribution in [3.05, 3.63) is 88.4 Å². The number of methoxy groups -OCH3 is 1. The van der Waals surface area contributed by atoms with Gasteiger partial charge in [-0.1, -0.05) is 23.7 Å². The molecule has 1 heterocycles. The maximum Gasteiger partial charge on any atom is 0.335 e. The topological polar surface area (TPSA) is 105 Å². The van der Waals surface area contributed by atoms with Crippen LogP contribution in [0.4, 0.5) is 5.69 Å². The quantitative estimate of drug-likeness (QED) is 0.518. The lowest BCUT2D eigenvalue weighted by molar-refractivity contribution is 0.0696. The highest BCUT2D eigenvalue weighted by molar-refractivity contribution is 7.89. The van der Waals surface area contributed by atoms with E-state index in [0.29, 0.717) is 22.8 Å². The van der Waals surface area contributed by atoms with Gasteiger partial charge in [0.1, 0.15) is 11.4 Å². The van der Waals surface area contributed by atoms with Crippen molar-refractivity contribution >= 4 is 33.3 Å². The molecule has 0 radical (unpaired) electrons. The molecule has 0 fully saturated rings. The fourth-order valence-electron chi connectivity index (χ4n) is 3.62. The van der Waals surface area contributed by atoms with Gasteiger partial charge in [-0.2, -0.15) is 4.72 Å². The smallest absolute Gasteiger partial charge is 0.335 e. The molecule has 1 unspecified atom stereocenters. The Balaban J connectivity index is 1.78. The molecular weight excluding hydrogens is 440 g/mol. The minimum atomic E-state index is -3.95. The Kier molecular flexibility index (Phi) is 5.38. The summed E-state index contributed by atoms with van der Waals surface area (Å²) in [5.41, 5.74) is 1.08. The Morgan fingerprint density at radius 2 is 1.77 bits per heavy atom. The monoisotopic (exact) mass is 458 g/mol. The van der Waals surface area contributed by atoms with Gasteiger partial charge in [-0.15, -0.1) is 0 Å². The van der Waals surface area contributed by atoms with Gasteiger partial charge in [-0.3, -0.25) is 0 Å². The summed E-state index contributed by atoms with van der Waals surface area (Å²) in [6, 6.07) is 17.4. The minimum absolute atomic E-state index is 0.0637. The summed E-state index contributed by atoms with van der Waals surface area (Å²) in [6.45, 7) is 0. The Morgan fingerprint density at radius 3 is 2.39 bits per heavy atom. The molecule has 3 aromatic carbocycles. The van der Waals surface area contributed by atoms with Crippen LogP contribution in [0.5, 0.6) is 5.75 Å². The molecule has 4 rings (SSSR count). The van der Waals surface area contributed by atoms with Gasteiger partial charge in [0, 0.05) is 17.1 Å². The third kappa shape index (κ3) is 4.10. The van der Waals surface area contributed by atoms with Crippen LogP contribution in [0.25, 0.3) is 0 Å². The number of benzene rings is 3. The largest absolute Gasteiger partial charge is 0.497 e. The number of aromatic carboxylic acids is 1. The van der Waals surface area contributed by atoms with Gasteiger partial charge in [0.2, 0.25) is 10.0 Å². The predicted molar refractivity (Wildman–Crippen MR) is 117 cm³/mol. The molecule has 0 aromatic heterocycles. The molecule has 0 saturated heterocycles. The zero-order valence-corrected chi connectivity index (χ0v) is 18.0.